The largest absolute Gasteiger partial charge is 0.371 e. The third-order valence-electron chi connectivity index (χ3n) is 3.24. The molecule has 1 aliphatic heterocycles. The highest BCUT2D eigenvalue weighted by Crippen LogP contribution is 2.27. The fraction of sp³-hybridized carbons (Fsp3) is 0.308. The van der Waals surface area contributed by atoms with Crippen molar-refractivity contribution in [3.05, 3.63) is 40.8 Å². The van der Waals surface area contributed by atoms with Crippen LogP contribution in [0.15, 0.2) is 35.3 Å². The van der Waals surface area contributed by atoms with Crippen LogP contribution in [0.3, 0.4) is 0 Å². The molecule has 1 aliphatic rings. The van der Waals surface area contributed by atoms with Crippen molar-refractivity contribution in [3.8, 4) is 0 Å². The van der Waals surface area contributed by atoms with Gasteiger partial charge in [0.05, 0.1) is 0 Å². The lowest BCUT2D eigenvalue weighted by atomic mass is 10.1. The Morgan fingerprint density at radius 2 is 1.88 bits per heavy atom. The van der Waals surface area contributed by atoms with E-state index in [0.717, 1.165) is 23.9 Å². The van der Waals surface area contributed by atoms with Gasteiger partial charge in [0.1, 0.15) is 0 Å². The first-order chi connectivity index (χ1) is 7.86. The zero-order chi connectivity index (χ0) is 11.0. The molecule has 3 nitrogen and oxygen atoms in total. The van der Waals surface area contributed by atoms with Gasteiger partial charge >= 0.3 is 0 Å². The van der Waals surface area contributed by atoms with Gasteiger partial charge in [-0.15, -0.1) is 0 Å². The first kappa shape index (κ1) is 9.46. The zero-order valence-corrected chi connectivity index (χ0v) is 9.07. The summed E-state index contributed by atoms with van der Waals surface area (Å²) in [5, 5.41) is 1.85. The van der Waals surface area contributed by atoms with Crippen LogP contribution in [0.25, 0.3) is 10.8 Å². The summed E-state index contributed by atoms with van der Waals surface area (Å²) >= 11 is 0. The van der Waals surface area contributed by atoms with Crippen molar-refractivity contribution in [2.45, 2.75) is 12.8 Å². The molecule has 1 fully saturated rings. The van der Waals surface area contributed by atoms with E-state index in [4.69, 9.17) is 0 Å². The fourth-order valence-electron chi connectivity index (χ4n) is 2.44. The number of hydrogen-bond donors (Lipinski definition) is 1. The van der Waals surface area contributed by atoms with Gasteiger partial charge in [-0.2, -0.15) is 0 Å². The van der Waals surface area contributed by atoms with Crippen LogP contribution in [0.1, 0.15) is 12.8 Å². The van der Waals surface area contributed by atoms with Gasteiger partial charge in [0, 0.05) is 35.7 Å². The molecule has 82 valence electrons. The van der Waals surface area contributed by atoms with Crippen LogP contribution in [-0.4, -0.2) is 18.1 Å². The molecule has 0 aliphatic carbocycles. The maximum Gasteiger partial charge on any atom is 0.255 e. The standard InChI is InChI=1S/C13H14N2O/c16-13-11-4-3-5-12(10(11)6-7-14-13)15-8-1-2-9-15/h3-7H,1-2,8-9H2,(H,14,16). The smallest absolute Gasteiger partial charge is 0.255 e. The van der Waals surface area contributed by atoms with Crippen LogP contribution in [0.5, 0.6) is 0 Å². The van der Waals surface area contributed by atoms with E-state index in [1.807, 2.05) is 18.2 Å². The van der Waals surface area contributed by atoms with Crippen LogP contribution < -0.4 is 10.5 Å². The average Bonchev–Trinajstić information content (AvgIpc) is 2.82. The number of nitrogens with zero attached hydrogens (tertiary/aromatic N) is 1. The molecule has 2 heterocycles. The number of anilines is 1. The lowest BCUT2D eigenvalue weighted by Crippen LogP contribution is -2.18. The molecule has 0 unspecified atom stereocenters. The molecule has 1 aromatic carbocycles. The number of aromatic nitrogens is 1. The van der Waals surface area contributed by atoms with E-state index in [9.17, 15) is 4.79 Å². The summed E-state index contributed by atoms with van der Waals surface area (Å²) in [6.07, 6.45) is 4.23. The molecule has 0 radical (unpaired) electrons. The number of aromatic amines is 1. The maximum atomic E-state index is 11.7. The van der Waals surface area contributed by atoms with Crippen molar-refractivity contribution in [1.29, 1.82) is 0 Å². The predicted molar refractivity (Wildman–Crippen MR) is 66.0 cm³/mol. The van der Waals surface area contributed by atoms with Gasteiger partial charge in [0.2, 0.25) is 0 Å². The van der Waals surface area contributed by atoms with Gasteiger partial charge in [-0.3, -0.25) is 4.79 Å². The molecule has 3 rings (SSSR count). The van der Waals surface area contributed by atoms with Crippen molar-refractivity contribution >= 4 is 16.5 Å². The predicted octanol–water partition coefficient (Wildman–Crippen LogP) is 2.13. The maximum absolute atomic E-state index is 11.7. The molecular formula is C13H14N2O. The summed E-state index contributed by atoms with van der Waals surface area (Å²) in [6, 6.07) is 7.94. The van der Waals surface area contributed by atoms with Gasteiger partial charge in [-0.25, -0.2) is 0 Å². The normalized spacial score (nSPS) is 15.9. The summed E-state index contributed by atoms with van der Waals surface area (Å²) in [7, 11) is 0. The van der Waals surface area contributed by atoms with Crippen LogP contribution in [0.2, 0.25) is 0 Å². The van der Waals surface area contributed by atoms with Gasteiger partial charge in [0.15, 0.2) is 0 Å². The van der Waals surface area contributed by atoms with Crippen molar-refractivity contribution in [1.82, 2.24) is 4.98 Å². The van der Waals surface area contributed by atoms with Crippen molar-refractivity contribution in [2.75, 3.05) is 18.0 Å². The number of hydrogen-bond acceptors (Lipinski definition) is 2. The number of fused-ring (bicyclic) bond motifs is 1. The van der Waals surface area contributed by atoms with Crippen molar-refractivity contribution in [3.63, 3.8) is 0 Å². The third-order valence-corrected chi connectivity index (χ3v) is 3.24. The van der Waals surface area contributed by atoms with E-state index in [1.54, 1.807) is 6.20 Å². The van der Waals surface area contributed by atoms with E-state index in [-0.39, 0.29) is 5.56 Å². The van der Waals surface area contributed by atoms with Crippen LogP contribution in [-0.2, 0) is 0 Å². The quantitative estimate of drug-likeness (QED) is 0.789. The first-order valence-electron chi connectivity index (χ1n) is 5.71. The Kier molecular flexibility index (Phi) is 2.17. The molecule has 3 heteroatoms. The molecule has 1 saturated heterocycles. The lowest BCUT2D eigenvalue weighted by molar-refractivity contribution is 0.949. The van der Waals surface area contributed by atoms with Gasteiger partial charge in [0.25, 0.3) is 5.56 Å². The Labute approximate surface area is 93.7 Å². The van der Waals surface area contributed by atoms with E-state index in [1.165, 1.54) is 18.5 Å². The molecule has 0 saturated carbocycles. The fourth-order valence-corrected chi connectivity index (χ4v) is 2.44. The summed E-state index contributed by atoms with van der Waals surface area (Å²) < 4.78 is 0. The monoisotopic (exact) mass is 214 g/mol. The van der Waals surface area contributed by atoms with Gasteiger partial charge < -0.3 is 9.88 Å². The summed E-state index contributed by atoms with van der Waals surface area (Å²) in [5.41, 5.74) is 1.19. The number of pyridine rings is 1. The minimum Gasteiger partial charge on any atom is -0.371 e. The highest BCUT2D eigenvalue weighted by atomic mass is 16.1. The highest BCUT2D eigenvalue weighted by Gasteiger charge is 2.14. The Bertz CT molecular complexity index is 567. The van der Waals surface area contributed by atoms with Gasteiger partial charge in [-0.1, -0.05) is 6.07 Å². The van der Waals surface area contributed by atoms with Crippen LogP contribution >= 0.6 is 0 Å². The zero-order valence-electron chi connectivity index (χ0n) is 9.07. The highest BCUT2D eigenvalue weighted by molar-refractivity contribution is 5.93. The SMILES string of the molecule is O=c1[nH]ccc2c(N3CCCC3)cccc12. The number of nitrogens with one attached hydrogen (secondary N) is 1. The lowest BCUT2D eigenvalue weighted by Gasteiger charge is -2.19. The van der Waals surface area contributed by atoms with Crippen molar-refractivity contribution < 1.29 is 0 Å². The summed E-state index contributed by atoms with van der Waals surface area (Å²) in [4.78, 5) is 16.8. The molecule has 0 amide bonds. The molecule has 0 bridgehead atoms. The Morgan fingerprint density at radius 1 is 1.06 bits per heavy atom. The second kappa shape index (κ2) is 3.67. The number of rotatable bonds is 1. The van der Waals surface area contributed by atoms with E-state index in [0.29, 0.717) is 0 Å². The van der Waals surface area contributed by atoms with Crippen molar-refractivity contribution in [2.24, 2.45) is 0 Å². The second-order valence-corrected chi connectivity index (χ2v) is 4.24. The Balaban J connectivity index is 2.24. The van der Waals surface area contributed by atoms with E-state index >= 15 is 0 Å². The average molecular weight is 214 g/mol. The van der Waals surface area contributed by atoms with Gasteiger partial charge in [-0.05, 0) is 31.0 Å². The number of benzene rings is 1. The molecule has 0 spiro atoms. The summed E-state index contributed by atoms with van der Waals surface area (Å²) in [5.74, 6) is 0. The van der Waals surface area contributed by atoms with E-state index in [2.05, 4.69) is 16.0 Å². The first-order valence-corrected chi connectivity index (χ1v) is 5.71. The van der Waals surface area contributed by atoms with Crippen LogP contribution in [0, 0.1) is 0 Å². The Morgan fingerprint density at radius 3 is 2.69 bits per heavy atom. The molecule has 2 aromatic rings. The summed E-state index contributed by atoms with van der Waals surface area (Å²) in [6.45, 7) is 2.21. The minimum atomic E-state index is -0.00135. The molecule has 0 atom stereocenters. The second-order valence-electron chi connectivity index (χ2n) is 4.24. The molecule has 1 N–H and O–H groups in total. The molecular weight excluding hydrogens is 200 g/mol. The van der Waals surface area contributed by atoms with E-state index < -0.39 is 0 Å². The third kappa shape index (κ3) is 1.40. The minimum absolute atomic E-state index is 0.00135. The Hall–Kier alpha value is -1.77. The molecule has 1 aromatic heterocycles. The van der Waals surface area contributed by atoms with Crippen LogP contribution in [0.4, 0.5) is 5.69 Å². The topological polar surface area (TPSA) is 36.1 Å². The molecule has 16 heavy (non-hydrogen) atoms. The number of H-pyrrole nitrogens is 1.